The van der Waals surface area contributed by atoms with E-state index in [9.17, 15) is 14.9 Å². The van der Waals surface area contributed by atoms with Crippen LogP contribution in [-0.2, 0) is 14.3 Å². The van der Waals surface area contributed by atoms with Gasteiger partial charge < -0.3 is 10.1 Å². The molecule has 0 bridgehead atoms. The lowest BCUT2D eigenvalue weighted by Gasteiger charge is -2.31. The minimum Gasteiger partial charge on any atom is -0.463 e. The fraction of sp³-hybridized carbons (Fsp3) is 0.139. The van der Waals surface area contributed by atoms with Crippen molar-refractivity contribution in [1.82, 2.24) is 5.32 Å². The summed E-state index contributed by atoms with van der Waals surface area (Å²) in [5, 5.41) is 14.4. The number of ether oxygens (including phenoxy) is 1. The van der Waals surface area contributed by atoms with Gasteiger partial charge in [-0.05, 0) is 49.2 Å². The van der Waals surface area contributed by atoms with Crippen LogP contribution in [0.5, 0.6) is 0 Å². The number of esters is 1. The molecule has 43 heavy (non-hydrogen) atoms. The number of nitrogens with one attached hydrogen (secondary N) is 1. The zero-order chi connectivity index (χ0) is 30.2. The van der Waals surface area contributed by atoms with Crippen molar-refractivity contribution in [2.75, 3.05) is 17.3 Å². The van der Waals surface area contributed by atoms with Crippen molar-refractivity contribution in [3.8, 4) is 6.07 Å². The average Bonchev–Trinajstić information content (AvgIpc) is 3.05. The number of nitriles is 1. The second-order valence-electron chi connectivity index (χ2n) is 9.89. The monoisotopic (exact) mass is 585 g/mol. The zero-order valence-electron chi connectivity index (χ0n) is 24.0. The van der Waals surface area contributed by atoms with Crippen LogP contribution in [0.4, 0.5) is 11.4 Å². The maximum absolute atomic E-state index is 13.9. The molecule has 0 fully saturated rings. The Bertz CT molecular complexity index is 1650. The quantitative estimate of drug-likeness (QED) is 0.205. The minimum atomic E-state index is -0.682. The summed E-state index contributed by atoms with van der Waals surface area (Å²) in [6, 6.07) is 38.6. The molecule has 4 aromatic rings. The van der Waals surface area contributed by atoms with Crippen LogP contribution >= 0.6 is 11.8 Å². The van der Waals surface area contributed by atoms with Gasteiger partial charge in [0.1, 0.15) is 0 Å². The molecule has 1 atom stereocenters. The van der Waals surface area contributed by atoms with Crippen molar-refractivity contribution >= 4 is 40.7 Å². The molecule has 0 unspecified atom stereocenters. The number of nitrogens with zero attached hydrogens (tertiary/aromatic N) is 2. The fourth-order valence-corrected chi connectivity index (χ4v) is 5.93. The summed E-state index contributed by atoms with van der Waals surface area (Å²) in [5.74, 6) is -1.28. The van der Waals surface area contributed by atoms with E-state index in [1.807, 2.05) is 122 Å². The number of allylic oxidation sites excluding steroid dienone is 1. The van der Waals surface area contributed by atoms with E-state index in [4.69, 9.17) is 4.74 Å². The number of dihydropyridines is 1. The first kappa shape index (κ1) is 29.4. The molecule has 0 saturated carbocycles. The van der Waals surface area contributed by atoms with Gasteiger partial charge in [0, 0.05) is 11.4 Å². The first-order valence-corrected chi connectivity index (χ1v) is 15.0. The molecule has 1 heterocycles. The van der Waals surface area contributed by atoms with Crippen LogP contribution in [0, 0.1) is 18.3 Å². The van der Waals surface area contributed by atoms with Crippen molar-refractivity contribution in [2.24, 2.45) is 0 Å². The number of anilines is 2. The molecule has 0 spiro atoms. The lowest BCUT2D eigenvalue weighted by Crippen LogP contribution is -2.31. The number of benzene rings is 4. The topological polar surface area (TPSA) is 82.4 Å². The highest BCUT2D eigenvalue weighted by molar-refractivity contribution is 8.03. The summed E-state index contributed by atoms with van der Waals surface area (Å²) in [6.07, 6.45) is 0. The number of carbonyl (C=O) groups excluding carboxylic acids is 2. The van der Waals surface area contributed by atoms with E-state index in [0.29, 0.717) is 21.9 Å². The number of para-hydroxylation sites is 2. The maximum atomic E-state index is 13.9. The molecule has 1 aliphatic heterocycles. The van der Waals surface area contributed by atoms with E-state index < -0.39 is 11.9 Å². The van der Waals surface area contributed by atoms with Gasteiger partial charge in [-0.1, -0.05) is 108 Å². The van der Waals surface area contributed by atoms with Gasteiger partial charge in [-0.2, -0.15) is 5.26 Å². The van der Waals surface area contributed by atoms with Gasteiger partial charge in [-0.3, -0.25) is 9.69 Å². The first-order valence-electron chi connectivity index (χ1n) is 14.0. The lowest BCUT2D eigenvalue weighted by atomic mass is 9.81. The van der Waals surface area contributed by atoms with Crippen LogP contribution in [-0.4, -0.2) is 24.2 Å². The number of aryl methyl sites for hydroxylation is 1. The second kappa shape index (κ2) is 13.7. The number of amides is 1. The van der Waals surface area contributed by atoms with E-state index >= 15 is 0 Å². The molecule has 1 N–H and O–H groups in total. The molecule has 4 aromatic carbocycles. The minimum absolute atomic E-state index is 0.0503. The highest BCUT2D eigenvalue weighted by Gasteiger charge is 2.37. The van der Waals surface area contributed by atoms with Crippen molar-refractivity contribution in [3.63, 3.8) is 0 Å². The number of hydrogen-bond donors (Lipinski definition) is 1. The fourth-order valence-electron chi connectivity index (χ4n) is 5.04. The van der Waals surface area contributed by atoms with Crippen LogP contribution in [0.2, 0.25) is 0 Å². The molecule has 0 radical (unpaired) electrons. The zero-order valence-corrected chi connectivity index (χ0v) is 24.8. The van der Waals surface area contributed by atoms with Gasteiger partial charge >= 0.3 is 5.97 Å². The summed E-state index contributed by atoms with van der Waals surface area (Å²) in [4.78, 5) is 29.1. The van der Waals surface area contributed by atoms with Crippen molar-refractivity contribution in [3.05, 3.63) is 148 Å². The van der Waals surface area contributed by atoms with Gasteiger partial charge in [0.25, 0.3) is 0 Å². The van der Waals surface area contributed by atoms with Gasteiger partial charge in [0.2, 0.25) is 5.91 Å². The number of carbonyl (C=O) groups is 2. The third-order valence-electron chi connectivity index (χ3n) is 7.04. The van der Waals surface area contributed by atoms with Gasteiger partial charge in [-0.25, -0.2) is 4.79 Å². The smallest absolute Gasteiger partial charge is 0.337 e. The predicted octanol–water partition coefficient (Wildman–Crippen LogP) is 7.49. The van der Waals surface area contributed by atoms with Crippen molar-refractivity contribution in [1.29, 1.82) is 5.26 Å². The molecule has 5 rings (SSSR count). The molecule has 1 amide bonds. The molecular formula is C36H31N3O3S. The van der Waals surface area contributed by atoms with E-state index in [1.165, 1.54) is 11.8 Å². The number of rotatable bonds is 9. The Kier molecular flexibility index (Phi) is 9.40. The van der Waals surface area contributed by atoms with Crippen LogP contribution in [0.25, 0.3) is 5.70 Å². The Hall–Kier alpha value is -5.06. The normalized spacial score (nSPS) is 14.5. The largest absolute Gasteiger partial charge is 0.463 e. The molecular weight excluding hydrogens is 554 g/mol. The van der Waals surface area contributed by atoms with Gasteiger partial charge in [0.05, 0.1) is 46.2 Å². The average molecular weight is 586 g/mol. The Morgan fingerprint density at radius 1 is 0.860 bits per heavy atom. The number of thioether (sulfide) groups is 1. The Balaban J connectivity index is 1.58. The Morgan fingerprint density at radius 3 is 1.95 bits per heavy atom. The Labute approximate surface area is 256 Å². The third kappa shape index (κ3) is 6.56. The molecule has 214 valence electrons. The summed E-state index contributed by atoms with van der Waals surface area (Å²) in [6.45, 7) is 3.95. The summed E-state index contributed by atoms with van der Waals surface area (Å²) in [7, 11) is 0. The summed E-state index contributed by atoms with van der Waals surface area (Å²) >= 11 is 1.25. The second-order valence-corrected chi connectivity index (χ2v) is 10.9. The molecule has 0 saturated heterocycles. The first-order chi connectivity index (χ1) is 21.0. The highest BCUT2D eigenvalue weighted by atomic mass is 32.2. The predicted molar refractivity (Wildman–Crippen MR) is 172 cm³/mol. The molecule has 6 nitrogen and oxygen atoms in total. The summed E-state index contributed by atoms with van der Waals surface area (Å²) in [5.41, 5.74) is 5.40. The third-order valence-corrected chi connectivity index (χ3v) is 8.04. The maximum Gasteiger partial charge on any atom is 0.337 e. The molecule has 1 aliphatic rings. The van der Waals surface area contributed by atoms with Crippen LogP contribution in [0.3, 0.4) is 0 Å². The van der Waals surface area contributed by atoms with Gasteiger partial charge in [-0.15, -0.1) is 0 Å². The number of hydrogen-bond acceptors (Lipinski definition) is 6. The van der Waals surface area contributed by atoms with Crippen molar-refractivity contribution < 1.29 is 14.3 Å². The van der Waals surface area contributed by atoms with Gasteiger partial charge in [0.15, 0.2) is 0 Å². The van der Waals surface area contributed by atoms with Crippen molar-refractivity contribution in [2.45, 2.75) is 19.8 Å². The van der Waals surface area contributed by atoms with E-state index in [0.717, 1.165) is 28.1 Å². The lowest BCUT2D eigenvalue weighted by molar-refractivity contribution is -0.138. The van der Waals surface area contributed by atoms with E-state index in [-0.39, 0.29) is 18.3 Å². The summed E-state index contributed by atoms with van der Waals surface area (Å²) < 4.78 is 5.53. The van der Waals surface area contributed by atoms with Crippen LogP contribution < -0.4 is 10.2 Å². The Morgan fingerprint density at radius 2 is 1.42 bits per heavy atom. The molecule has 0 aromatic heterocycles. The standard InChI is InChI=1S/C36H31N3O3S/c1-3-42-36(41)33-32(26-21-19-25(2)20-22-26)30(23-37)35(38-34(33)27-13-7-4-8-14-27)43-24-31(40)39(28-15-9-5-10-16-28)29-17-11-6-12-18-29/h4-22,32,38H,3,24H2,1-2H3/t32-/m0/s1. The van der Waals surface area contributed by atoms with E-state index in [2.05, 4.69) is 11.4 Å². The highest BCUT2D eigenvalue weighted by Crippen LogP contribution is 2.43. The van der Waals surface area contributed by atoms with Crippen LogP contribution in [0.15, 0.2) is 131 Å². The van der Waals surface area contributed by atoms with Crippen LogP contribution in [0.1, 0.15) is 29.5 Å². The molecule has 7 heteroatoms. The molecule has 0 aliphatic carbocycles. The van der Waals surface area contributed by atoms with E-state index in [1.54, 1.807) is 11.8 Å². The SMILES string of the molecule is CCOC(=O)C1=C(c2ccccc2)NC(SCC(=O)N(c2ccccc2)c2ccccc2)=C(C#N)[C@@H]1c1ccc(C)cc1.